The van der Waals surface area contributed by atoms with E-state index in [-0.39, 0.29) is 12.1 Å². The summed E-state index contributed by atoms with van der Waals surface area (Å²) in [5.74, 6) is 0. The number of nitrogens with one attached hydrogen (secondary N) is 1. The Morgan fingerprint density at radius 3 is 2.70 bits per heavy atom. The third kappa shape index (κ3) is 3.58. The lowest BCUT2D eigenvalue weighted by Gasteiger charge is -2.37. The quantitative estimate of drug-likeness (QED) is 0.660. The zero-order valence-corrected chi connectivity index (χ0v) is 16.0. The Hall–Kier alpha value is -2.72. The molecule has 0 saturated heterocycles. The minimum atomic E-state index is -0.0891. The fourth-order valence-corrected chi connectivity index (χ4v) is 3.86. The highest BCUT2D eigenvalue weighted by Gasteiger charge is 2.31. The van der Waals surface area contributed by atoms with Gasteiger partial charge < -0.3 is 14.8 Å². The first-order valence-corrected chi connectivity index (χ1v) is 9.53. The molecule has 2 amide bonds. The monoisotopic (exact) mass is 379 g/mol. The molecule has 0 aliphatic carbocycles. The number of carbonyl (C=O) groups is 1. The number of hydrogen-bond donors (Lipinski definition) is 1. The summed E-state index contributed by atoms with van der Waals surface area (Å²) in [5.41, 5.74) is 4.02. The molecular formula is C22H22ClN3O. The Kier molecular flexibility index (Phi) is 4.90. The van der Waals surface area contributed by atoms with Crippen LogP contribution in [0.5, 0.6) is 0 Å². The van der Waals surface area contributed by atoms with Crippen molar-refractivity contribution in [3.63, 3.8) is 0 Å². The summed E-state index contributed by atoms with van der Waals surface area (Å²) in [5, 5.41) is 3.71. The van der Waals surface area contributed by atoms with E-state index in [1.54, 1.807) is 0 Å². The van der Waals surface area contributed by atoms with E-state index in [0.29, 0.717) is 11.6 Å². The zero-order chi connectivity index (χ0) is 18.8. The van der Waals surface area contributed by atoms with Crippen molar-refractivity contribution < 1.29 is 4.79 Å². The minimum absolute atomic E-state index is 0.00404. The minimum Gasteiger partial charge on any atom is -0.348 e. The first-order chi connectivity index (χ1) is 13.1. The maximum absolute atomic E-state index is 13.1. The van der Waals surface area contributed by atoms with Gasteiger partial charge in [0.2, 0.25) is 0 Å². The van der Waals surface area contributed by atoms with E-state index in [0.717, 1.165) is 24.2 Å². The molecule has 1 N–H and O–H groups in total. The Morgan fingerprint density at radius 1 is 1.07 bits per heavy atom. The molecule has 1 aromatic heterocycles. The smallest absolute Gasteiger partial charge is 0.322 e. The van der Waals surface area contributed by atoms with Gasteiger partial charge in [0.25, 0.3) is 0 Å². The van der Waals surface area contributed by atoms with Crippen LogP contribution in [0.25, 0.3) is 0 Å². The molecule has 138 valence electrons. The average molecular weight is 380 g/mol. The van der Waals surface area contributed by atoms with Crippen molar-refractivity contribution in [3.05, 3.63) is 88.7 Å². The predicted octanol–water partition coefficient (Wildman–Crippen LogP) is 5.28. The summed E-state index contributed by atoms with van der Waals surface area (Å²) in [4.78, 5) is 15.1. The fraction of sp³-hybridized carbons (Fsp3) is 0.227. The van der Waals surface area contributed by atoms with E-state index in [9.17, 15) is 4.79 Å². The molecule has 1 aliphatic rings. The summed E-state index contributed by atoms with van der Waals surface area (Å²) in [7, 11) is 0. The fourth-order valence-electron chi connectivity index (χ4n) is 3.69. The van der Waals surface area contributed by atoms with Gasteiger partial charge in [-0.25, -0.2) is 4.79 Å². The van der Waals surface area contributed by atoms with Crippen LogP contribution in [0.4, 0.5) is 10.5 Å². The normalized spacial score (nSPS) is 16.1. The molecule has 1 atom stereocenters. The van der Waals surface area contributed by atoms with Crippen molar-refractivity contribution in [2.24, 2.45) is 0 Å². The highest BCUT2D eigenvalue weighted by Crippen LogP contribution is 2.31. The molecule has 27 heavy (non-hydrogen) atoms. The number of aromatic nitrogens is 1. The number of fused-ring (bicyclic) bond motifs is 1. The first-order valence-electron chi connectivity index (χ1n) is 9.15. The van der Waals surface area contributed by atoms with Gasteiger partial charge in [-0.2, -0.15) is 0 Å². The highest BCUT2D eigenvalue weighted by atomic mass is 35.5. The van der Waals surface area contributed by atoms with Gasteiger partial charge >= 0.3 is 6.03 Å². The van der Waals surface area contributed by atoms with E-state index in [1.807, 2.05) is 48.2 Å². The Morgan fingerprint density at radius 2 is 1.89 bits per heavy atom. The molecule has 5 heteroatoms. The van der Waals surface area contributed by atoms with Crippen LogP contribution in [0.1, 0.15) is 22.9 Å². The molecule has 1 aliphatic heterocycles. The summed E-state index contributed by atoms with van der Waals surface area (Å²) < 4.78 is 2.24. The number of urea groups is 1. The molecule has 4 rings (SSSR count). The van der Waals surface area contributed by atoms with Crippen molar-refractivity contribution in [3.8, 4) is 0 Å². The number of hydrogen-bond acceptors (Lipinski definition) is 1. The maximum atomic E-state index is 13.1. The second-order valence-electron chi connectivity index (χ2n) is 6.87. The number of rotatable bonds is 3. The van der Waals surface area contributed by atoms with Crippen LogP contribution >= 0.6 is 11.6 Å². The van der Waals surface area contributed by atoms with Crippen LogP contribution < -0.4 is 5.32 Å². The number of carbonyl (C=O) groups excluding carboxylic acids is 1. The number of nitrogens with zero attached hydrogens (tertiary/aromatic N) is 2. The van der Waals surface area contributed by atoms with E-state index in [2.05, 4.69) is 40.3 Å². The molecule has 0 radical (unpaired) electrons. The Labute approximate surface area is 164 Å². The summed E-state index contributed by atoms with van der Waals surface area (Å²) in [6, 6.07) is 20.0. The van der Waals surface area contributed by atoms with E-state index in [1.165, 1.54) is 11.3 Å². The van der Waals surface area contributed by atoms with Gasteiger partial charge in [0.1, 0.15) is 0 Å². The lowest BCUT2D eigenvalue weighted by atomic mass is 10.0. The molecule has 2 aromatic carbocycles. The molecular weight excluding hydrogens is 358 g/mol. The molecule has 0 spiro atoms. The van der Waals surface area contributed by atoms with Gasteiger partial charge in [-0.3, -0.25) is 0 Å². The van der Waals surface area contributed by atoms with E-state index in [4.69, 9.17) is 11.6 Å². The van der Waals surface area contributed by atoms with Crippen LogP contribution in [-0.4, -0.2) is 22.0 Å². The number of anilines is 1. The lowest BCUT2D eigenvalue weighted by molar-refractivity contribution is 0.167. The number of halogens is 1. The van der Waals surface area contributed by atoms with Crippen molar-refractivity contribution in [2.75, 3.05) is 11.9 Å². The molecule has 0 fully saturated rings. The van der Waals surface area contributed by atoms with Gasteiger partial charge in [-0.1, -0.05) is 48.0 Å². The summed E-state index contributed by atoms with van der Waals surface area (Å²) in [6.07, 6.45) is 2.87. The first kappa shape index (κ1) is 17.7. The van der Waals surface area contributed by atoms with Gasteiger partial charge in [-0.15, -0.1) is 0 Å². The third-order valence-electron chi connectivity index (χ3n) is 5.21. The van der Waals surface area contributed by atoms with Gasteiger partial charge in [0.05, 0.1) is 6.04 Å². The summed E-state index contributed by atoms with van der Waals surface area (Å²) in [6.45, 7) is 3.39. The molecule has 1 unspecified atom stereocenters. The Balaban J connectivity index is 1.61. The second kappa shape index (κ2) is 7.49. The number of amides is 2. The molecule has 2 heterocycles. The molecule has 0 saturated carbocycles. The van der Waals surface area contributed by atoms with Gasteiger partial charge in [0, 0.05) is 35.7 Å². The highest BCUT2D eigenvalue weighted by molar-refractivity contribution is 6.31. The largest absolute Gasteiger partial charge is 0.348 e. The van der Waals surface area contributed by atoms with Crippen molar-refractivity contribution in [1.82, 2.24) is 9.47 Å². The van der Waals surface area contributed by atoms with Crippen LogP contribution in [0.3, 0.4) is 0 Å². The van der Waals surface area contributed by atoms with E-state index < -0.39 is 0 Å². The van der Waals surface area contributed by atoms with Gasteiger partial charge in [0.15, 0.2) is 0 Å². The number of benzene rings is 2. The van der Waals surface area contributed by atoms with Crippen LogP contribution in [0, 0.1) is 6.92 Å². The van der Waals surface area contributed by atoms with E-state index >= 15 is 0 Å². The van der Waals surface area contributed by atoms with Crippen LogP contribution in [-0.2, 0) is 13.0 Å². The SMILES string of the molecule is Cc1c(Cl)cccc1NC(=O)N1CCn2cccc2C1Cc1ccccc1. The lowest BCUT2D eigenvalue weighted by Crippen LogP contribution is -2.44. The topological polar surface area (TPSA) is 37.3 Å². The molecule has 4 nitrogen and oxygen atoms in total. The Bertz CT molecular complexity index is 951. The summed E-state index contributed by atoms with van der Waals surface area (Å²) >= 11 is 6.20. The third-order valence-corrected chi connectivity index (χ3v) is 5.62. The average Bonchev–Trinajstić information content (AvgIpc) is 3.16. The van der Waals surface area contributed by atoms with Gasteiger partial charge in [-0.05, 0) is 48.7 Å². The van der Waals surface area contributed by atoms with Crippen molar-refractivity contribution in [1.29, 1.82) is 0 Å². The molecule has 0 bridgehead atoms. The maximum Gasteiger partial charge on any atom is 0.322 e. The van der Waals surface area contributed by atoms with Crippen LogP contribution in [0.2, 0.25) is 5.02 Å². The predicted molar refractivity (Wildman–Crippen MR) is 109 cm³/mol. The van der Waals surface area contributed by atoms with Crippen molar-refractivity contribution >= 4 is 23.3 Å². The van der Waals surface area contributed by atoms with Crippen LogP contribution in [0.15, 0.2) is 66.9 Å². The zero-order valence-electron chi connectivity index (χ0n) is 15.2. The second-order valence-corrected chi connectivity index (χ2v) is 7.28. The van der Waals surface area contributed by atoms with Crippen molar-refractivity contribution in [2.45, 2.75) is 25.9 Å². The molecule has 3 aromatic rings. The standard InChI is InChI=1S/C22H22ClN3O/c1-16-18(23)9-5-10-19(16)24-22(27)26-14-13-25-12-6-11-20(25)21(26)15-17-7-3-2-4-8-17/h2-12,21H,13-15H2,1H3,(H,24,27).